The van der Waals surface area contributed by atoms with Crippen molar-refractivity contribution in [1.82, 2.24) is 10.2 Å². The number of hydrogen-bond acceptors (Lipinski definition) is 3. The average molecular weight is 405 g/mol. The largest absolute Gasteiger partial charge is 0.349 e. The normalized spacial score (nSPS) is 18.5. The van der Waals surface area contributed by atoms with Crippen LogP contribution in [0.25, 0.3) is 0 Å². The van der Waals surface area contributed by atoms with Gasteiger partial charge in [-0.2, -0.15) is 0 Å². The van der Waals surface area contributed by atoms with Gasteiger partial charge in [-0.15, -0.1) is 0 Å². The zero-order valence-electron chi connectivity index (χ0n) is 17.0. The van der Waals surface area contributed by atoms with Crippen LogP contribution in [-0.2, 0) is 16.0 Å². The molecule has 0 bridgehead atoms. The molecule has 1 atom stereocenters. The number of rotatable bonds is 6. The maximum Gasteiger partial charge on any atom is 0.253 e. The Bertz CT molecular complexity index is 924. The van der Waals surface area contributed by atoms with E-state index < -0.39 is 0 Å². The molecular formula is C24H27N3O3. The first-order chi connectivity index (χ1) is 14.6. The fraction of sp³-hybridized carbons (Fsp3) is 0.375. The Balaban J connectivity index is 1.38. The molecule has 0 spiro atoms. The van der Waals surface area contributed by atoms with Crippen LogP contribution in [0.3, 0.4) is 0 Å². The molecule has 30 heavy (non-hydrogen) atoms. The van der Waals surface area contributed by atoms with Gasteiger partial charge >= 0.3 is 0 Å². The molecule has 0 radical (unpaired) electrons. The highest BCUT2D eigenvalue weighted by atomic mass is 16.2. The van der Waals surface area contributed by atoms with Gasteiger partial charge in [0.1, 0.15) is 0 Å². The first-order valence-electron chi connectivity index (χ1n) is 10.6. The lowest BCUT2D eigenvalue weighted by Crippen LogP contribution is -2.44. The van der Waals surface area contributed by atoms with Gasteiger partial charge in [0.2, 0.25) is 11.8 Å². The Hall–Kier alpha value is -3.15. The molecule has 1 aliphatic heterocycles. The van der Waals surface area contributed by atoms with Gasteiger partial charge in [0.05, 0.1) is 23.6 Å². The molecule has 6 nitrogen and oxygen atoms in total. The topological polar surface area (TPSA) is 78.5 Å². The van der Waals surface area contributed by atoms with Crippen LogP contribution in [0.5, 0.6) is 0 Å². The highest BCUT2D eigenvalue weighted by Crippen LogP contribution is 2.23. The zero-order chi connectivity index (χ0) is 20.9. The van der Waals surface area contributed by atoms with E-state index in [1.54, 1.807) is 29.2 Å². The predicted octanol–water partition coefficient (Wildman–Crippen LogP) is 3.00. The van der Waals surface area contributed by atoms with Crippen molar-refractivity contribution in [1.29, 1.82) is 0 Å². The van der Waals surface area contributed by atoms with E-state index in [4.69, 9.17) is 0 Å². The second kappa shape index (κ2) is 9.11. The number of amides is 3. The second-order valence-corrected chi connectivity index (χ2v) is 8.12. The lowest BCUT2D eigenvalue weighted by Gasteiger charge is -2.32. The fourth-order valence-electron chi connectivity index (χ4n) is 3.82. The highest BCUT2D eigenvalue weighted by Gasteiger charge is 2.29. The summed E-state index contributed by atoms with van der Waals surface area (Å²) in [5.41, 5.74) is 1.98. The molecule has 2 aliphatic rings. The molecule has 0 aromatic heterocycles. The third-order valence-corrected chi connectivity index (χ3v) is 5.69. The number of hydrogen-bond donors (Lipinski definition) is 2. The molecule has 4 rings (SSSR count). The first kappa shape index (κ1) is 20.1. The summed E-state index contributed by atoms with van der Waals surface area (Å²) >= 11 is 0. The van der Waals surface area contributed by atoms with Crippen LogP contribution in [0.4, 0.5) is 5.69 Å². The zero-order valence-corrected chi connectivity index (χ0v) is 17.0. The quantitative estimate of drug-likeness (QED) is 0.776. The molecule has 156 valence electrons. The van der Waals surface area contributed by atoms with E-state index in [0.717, 1.165) is 31.2 Å². The highest BCUT2D eigenvalue weighted by molar-refractivity contribution is 6.04. The Kier molecular flexibility index (Phi) is 6.12. The maximum absolute atomic E-state index is 12.9. The minimum atomic E-state index is -0.280. The maximum atomic E-state index is 12.9. The van der Waals surface area contributed by atoms with Crippen LogP contribution in [0.2, 0.25) is 0 Å². The third-order valence-electron chi connectivity index (χ3n) is 5.69. The van der Waals surface area contributed by atoms with E-state index >= 15 is 0 Å². The molecule has 1 aliphatic carbocycles. The number of piperidine rings is 1. The van der Waals surface area contributed by atoms with Gasteiger partial charge in [0, 0.05) is 19.1 Å². The summed E-state index contributed by atoms with van der Waals surface area (Å²) in [6, 6.07) is 17.0. The average Bonchev–Trinajstić information content (AvgIpc) is 3.59. The number of likely N-dealkylation sites (tertiary alicyclic amines) is 1. The third kappa shape index (κ3) is 5.06. The van der Waals surface area contributed by atoms with Crippen LogP contribution in [0.15, 0.2) is 54.6 Å². The van der Waals surface area contributed by atoms with Crippen molar-refractivity contribution in [2.24, 2.45) is 5.92 Å². The Morgan fingerprint density at radius 3 is 2.43 bits per heavy atom. The molecule has 2 N–H and O–H groups in total. The number of nitrogens with one attached hydrogen (secondary N) is 2. The van der Waals surface area contributed by atoms with Crippen LogP contribution < -0.4 is 10.6 Å². The smallest absolute Gasteiger partial charge is 0.253 e. The van der Waals surface area contributed by atoms with Crippen molar-refractivity contribution in [2.45, 2.75) is 38.1 Å². The minimum Gasteiger partial charge on any atom is -0.349 e. The number of para-hydroxylation sites is 1. The molecule has 1 heterocycles. The Labute approximate surface area is 176 Å². The van der Waals surface area contributed by atoms with E-state index in [1.807, 2.05) is 30.3 Å². The van der Waals surface area contributed by atoms with Gasteiger partial charge in [-0.1, -0.05) is 42.5 Å². The summed E-state index contributed by atoms with van der Waals surface area (Å²) in [7, 11) is 0. The number of benzene rings is 2. The molecule has 3 amide bonds. The number of nitrogens with zero attached hydrogens (tertiary/aromatic N) is 1. The standard InChI is InChI=1S/C24H27N3O3/c28-22(15-17-7-2-1-3-8-17)27-14-6-9-18(16-27)23(29)26-21-11-5-4-10-20(21)24(30)25-19-12-13-19/h1-5,7-8,10-11,18-19H,6,9,12-16H2,(H,25,30)(H,26,29). The van der Waals surface area contributed by atoms with Gasteiger partial charge in [-0.25, -0.2) is 0 Å². The Morgan fingerprint density at radius 1 is 0.933 bits per heavy atom. The lowest BCUT2D eigenvalue weighted by atomic mass is 9.96. The van der Waals surface area contributed by atoms with E-state index in [9.17, 15) is 14.4 Å². The Morgan fingerprint density at radius 2 is 1.67 bits per heavy atom. The fourth-order valence-corrected chi connectivity index (χ4v) is 3.82. The van der Waals surface area contributed by atoms with Crippen molar-refractivity contribution < 1.29 is 14.4 Å². The molecule has 2 aromatic carbocycles. The van der Waals surface area contributed by atoms with Crippen molar-refractivity contribution in [3.8, 4) is 0 Å². The summed E-state index contributed by atoms with van der Waals surface area (Å²) in [4.78, 5) is 39.9. The minimum absolute atomic E-state index is 0.0444. The molecule has 2 aromatic rings. The van der Waals surface area contributed by atoms with Gasteiger partial charge in [-0.3, -0.25) is 14.4 Å². The summed E-state index contributed by atoms with van der Waals surface area (Å²) in [6.45, 7) is 1.09. The van der Waals surface area contributed by atoms with Crippen molar-refractivity contribution >= 4 is 23.4 Å². The van der Waals surface area contributed by atoms with Gasteiger partial charge in [-0.05, 0) is 43.4 Å². The van der Waals surface area contributed by atoms with E-state index in [-0.39, 0.29) is 29.7 Å². The molecule has 6 heteroatoms. The molecule has 1 unspecified atom stereocenters. The summed E-state index contributed by atoms with van der Waals surface area (Å²) in [6.07, 6.45) is 3.89. The van der Waals surface area contributed by atoms with E-state index in [0.29, 0.717) is 30.8 Å². The van der Waals surface area contributed by atoms with Crippen molar-refractivity contribution in [3.63, 3.8) is 0 Å². The molecule has 1 saturated heterocycles. The predicted molar refractivity (Wildman–Crippen MR) is 115 cm³/mol. The van der Waals surface area contributed by atoms with Crippen LogP contribution in [0.1, 0.15) is 41.6 Å². The van der Waals surface area contributed by atoms with Gasteiger partial charge < -0.3 is 15.5 Å². The summed E-state index contributed by atoms with van der Waals surface area (Å²) in [5, 5.41) is 5.89. The SMILES string of the molecule is O=C(NC1CC1)c1ccccc1NC(=O)C1CCCN(C(=O)Cc2ccccc2)C1. The number of carbonyl (C=O) groups excluding carboxylic acids is 3. The summed E-state index contributed by atoms with van der Waals surface area (Å²) in [5.74, 6) is -0.531. The van der Waals surface area contributed by atoms with Crippen LogP contribution in [0, 0.1) is 5.92 Å². The van der Waals surface area contributed by atoms with Gasteiger partial charge in [0.25, 0.3) is 5.91 Å². The van der Waals surface area contributed by atoms with E-state index in [1.165, 1.54) is 0 Å². The van der Waals surface area contributed by atoms with Crippen molar-refractivity contribution in [2.75, 3.05) is 18.4 Å². The monoisotopic (exact) mass is 405 g/mol. The lowest BCUT2D eigenvalue weighted by molar-refractivity contribution is -0.133. The molecule has 1 saturated carbocycles. The first-order valence-corrected chi connectivity index (χ1v) is 10.6. The number of carbonyl (C=O) groups is 3. The second-order valence-electron chi connectivity index (χ2n) is 8.12. The summed E-state index contributed by atoms with van der Waals surface area (Å²) < 4.78 is 0. The van der Waals surface area contributed by atoms with Crippen LogP contribution in [-0.4, -0.2) is 41.8 Å². The van der Waals surface area contributed by atoms with E-state index in [2.05, 4.69) is 10.6 Å². The van der Waals surface area contributed by atoms with Crippen molar-refractivity contribution in [3.05, 3.63) is 65.7 Å². The molecular weight excluding hydrogens is 378 g/mol. The molecule has 2 fully saturated rings. The van der Waals surface area contributed by atoms with Gasteiger partial charge in [0.15, 0.2) is 0 Å². The van der Waals surface area contributed by atoms with Crippen LogP contribution >= 0.6 is 0 Å². The number of anilines is 1.